The Bertz CT molecular complexity index is 713. The fourth-order valence-electron chi connectivity index (χ4n) is 6.32. The molecule has 0 bridgehead atoms. The minimum atomic E-state index is -0.700. The highest BCUT2D eigenvalue weighted by Crippen LogP contribution is 2.19. The zero-order valence-corrected chi connectivity index (χ0v) is 31.6. The molecule has 4 nitrogen and oxygen atoms in total. The van der Waals surface area contributed by atoms with Crippen molar-refractivity contribution in [1.29, 1.82) is 0 Å². The molecule has 0 aliphatic carbocycles. The standard InChI is InChI=1S/C43H80O4/c1-3-5-7-9-11-13-15-17-19-20-22-24-26-29-33-37-41(38-34-30-28-31-35-39-42(44)45)47-43(46)40-36-32-27-25-23-21-18-16-14-12-10-8-6-4-2/h10,12,16,18,41H,3-9,11,13-15,17,19-40H2,1-2H3,(H,44,45)/b12-10-,18-16-. The first-order chi connectivity index (χ1) is 23.1. The fraction of sp³-hybridized carbons (Fsp3) is 0.860. The van der Waals surface area contributed by atoms with Gasteiger partial charge in [0.2, 0.25) is 0 Å². The van der Waals surface area contributed by atoms with E-state index in [1.165, 1.54) is 128 Å². The van der Waals surface area contributed by atoms with E-state index in [1.807, 2.05) is 0 Å². The summed E-state index contributed by atoms with van der Waals surface area (Å²) in [6.07, 6.45) is 49.1. The molecule has 0 fully saturated rings. The molecule has 0 aromatic carbocycles. The first kappa shape index (κ1) is 45.4. The molecule has 0 saturated heterocycles. The van der Waals surface area contributed by atoms with E-state index in [1.54, 1.807) is 0 Å². The first-order valence-corrected chi connectivity index (χ1v) is 20.8. The number of carboxylic acid groups (broad SMARTS) is 1. The van der Waals surface area contributed by atoms with Crippen LogP contribution in [-0.2, 0) is 14.3 Å². The van der Waals surface area contributed by atoms with Crippen LogP contribution in [0.4, 0.5) is 0 Å². The summed E-state index contributed by atoms with van der Waals surface area (Å²) < 4.78 is 6.01. The summed E-state index contributed by atoms with van der Waals surface area (Å²) in [5.41, 5.74) is 0. The van der Waals surface area contributed by atoms with Crippen molar-refractivity contribution in [2.75, 3.05) is 0 Å². The van der Waals surface area contributed by atoms with Gasteiger partial charge >= 0.3 is 11.9 Å². The Morgan fingerprint density at radius 1 is 0.468 bits per heavy atom. The van der Waals surface area contributed by atoms with Crippen LogP contribution in [0, 0.1) is 0 Å². The third-order valence-corrected chi connectivity index (χ3v) is 9.43. The highest BCUT2D eigenvalue weighted by molar-refractivity contribution is 5.69. The minimum absolute atomic E-state index is 0.00709. The third kappa shape index (κ3) is 38.7. The van der Waals surface area contributed by atoms with Crippen molar-refractivity contribution in [3.8, 4) is 0 Å². The van der Waals surface area contributed by atoms with Gasteiger partial charge in [0.1, 0.15) is 6.10 Å². The quantitative estimate of drug-likeness (QED) is 0.0407. The Kier molecular flexibility index (Phi) is 37.6. The maximum Gasteiger partial charge on any atom is 0.306 e. The molecule has 0 aliphatic heterocycles. The molecule has 0 aromatic rings. The molecule has 0 saturated carbocycles. The molecule has 0 heterocycles. The maximum atomic E-state index is 12.7. The van der Waals surface area contributed by atoms with E-state index in [2.05, 4.69) is 38.2 Å². The van der Waals surface area contributed by atoms with E-state index in [4.69, 9.17) is 9.84 Å². The maximum absolute atomic E-state index is 12.7. The normalized spacial score (nSPS) is 12.4. The molecule has 0 amide bonds. The van der Waals surface area contributed by atoms with Gasteiger partial charge in [0, 0.05) is 12.8 Å². The van der Waals surface area contributed by atoms with Gasteiger partial charge in [-0.15, -0.1) is 0 Å². The number of ether oxygens (including phenoxy) is 1. The Morgan fingerprint density at radius 3 is 1.32 bits per heavy atom. The second-order valence-corrected chi connectivity index (χ2v) is 14.2. The molecule has 1 unspecified atom stereocenters. The van der Waals surface area contributed by atoms with Gasteiger partial charge in [0.05, 0.1) is 0 Å². The monoisotopic (exact) mass is 661 g/mol. The van der Waals surface area contributed by atoms with Crippen LogP contribution >= 0.6 is 0 Å². The van der Waals surface area contributed by atoms with Crippen molar-refractivity contribution in [2.24, 2.45) is 0 Å². The van der Waals surface area contributed by atoms with Crippen molar-refractivity contribution in [3.63, 3.8) is 0 Å². The molecule has 0 aliphatic rings. The van der Waals surface area contributed by atoms with Crippen LogP contribution in [0.1, 0.15) is 232 Å². The van der Waals surface area contributed by atoms with Gasteiger partial charge in [0.15, 0.2) is 0 Å². The van der Waals surface area contributed by atoms with Crippen LogP contribution in [0.15, 0.2) is 24.3 Å². The minimum Gasteiger partial charge on any atom is -0.481 e. The summed E-state index contributed by atoms with van der Waals surface area (Å²) in [6.45, 7) is 4.52. The number of carboxylic acids is 1. The number of rotatable bonds is 38. The van der Waals surface area contributed by atoms with E-state index in [9.17, 15) is 9.59 Å². The Balaban J connectivity index is 4.04. The van der Waals surface area contributed by atoms with E-state index < -0.39 is 5.97 Å². The molecule has 1 N–H and O–H groups in total. The van der Waals surface area contributed by atoms with E-state index in [0.717, 1.165) is 77.0 Å². The molecule has 47 heavy (non-hydrogen) atoms. The molecule has 276 valence electrons. The van der Waals surface area contributed by atoms with Crippen molar-refractivity contribution in [3.05, 3.63) is 24.3 Å². The average molecular weight is 661 g/mol. The number of unbranched alkanes of at least 4 members (excludes halogenated alkanes) is 25. The highest BCUT2D eigenvalue weighted by Gasteiger charge is 2.14. The second kappa shape index (κ2) is 38.9. The van der Waals surface area contributed by atoms with Crippen LogP contribution in [0.3, 0.4) is 0 Å². The largest absolute Gasteiger partial charge is 0.481 e. The lowest BCUT2D eigenvalue weighted by atomic mass is 10.0. The van der Waals surface area contributed by atoms with Crippen molar-refractivity contribution >= 4 is 11.9 Å². The number of aliphatic carboxylic acids is 1. The number of esters is 1. The molecule has 4 heteroatoms. The number of hydrogen-bond acceptors (Lipinski definition) is 3. The number of hydrogen-bond donors (Lipinski definition) is 1. The molecule has 0 aromatic heterocycles. The van der Waals surface area contributed by atoms with Crippen LogP contribution in [-0.4, -0.2) is 23.1 Å². The number of carbonyl (C=O) groups excluding carboxylic acids is 1. The number of allylic oxidation sites excluding steroid dienone is 4. The van der Waals surface area contributed by atoms with Crippen molar-refractivity contribution < 1.29 is 19.4 Å². The smallest absolute Gasteiger partial charge is 0.306 e. The zero-order valence-electron chi connectivity index (χ0n) is 31.6. The highest BCUT2D eigenvalue weighted by atomic mass is 16.5. The Hall–Kier alpha value is -1.58. The fourth-order valence-corrected chi connectivity index (χ4v) is 6.32. The van der Waals surface area contributed by atoms with Crippen LogP contribution < -0.4 is 0 Å². The lowest BCUT2D eigenvalue weighted by molar-refractivity contribution is -0.150. The predicted octanol–water partition coefficient (Wildman–Crippen LogP) is 14.4. The molecule has 0 spiro atoms. The average Bonchev–Trinajstić information content (AvgIpc) is 3.05. The molecular weight excluding hydrogens is 580 g/mol. The van der Waals surface area contributed by atoms with Crippen molar-refractivity contribution in [1.82, 2.24) is 0 Å². The second-order valence-electron chi connectivity index (χ2n) is 14.2. The summed E-state index contributed by atoms with van der Waals surface area (Å²) >= 11 is 0. The predicted molar refractivity (Wildman–Crippen MR) is 204 cm³/mol. The van der Waals surface area contributed by atoms with Crippen LogP contribution in [0.2, 0.25) is 0 Å². The summed E-state index contributed by atoms with van der Waals surface area (Å²) in [4.78, 5) is 23.4. The van der Waals surface area contributed by atoms with Gasteiger partial charge in [-0.2, -0.15) is 0 Å². The zero-order chi connectivity index (χ0) is 34.3. The van der Waals surface area contributed by atoms with Crippen molar-refractivity contribution in [2.45, 2.75) is 238 Å². The lowest BCUT2D eigenvalue weighted by Gasteiger charge is -2.18. The van der Waals surface area contributed by atoms with Gasteiger partial charge < -0.3 is 9.84 Å². The molecule has 1 atom stereocenters. The van der Waals surface area contributed by atoms with E-state index in [0.29, 0.717) is 6.42 Å². The summed E-state index contributed by atoms with van der Waals surface area (Å²) in [7, 11) is 0. The van der Waals surface area contributed by atoms with E-state index >= 15 is 0 Å². The molecule has 0 radical (unpaired) electrons. The van der Waals surface area contributed by atoms with E-state index in [-0.39, 0.29) is 18.5 Å². The van der Waals surface area contributed by atoms with Gasteiger partial charge in [-0.05, 0) is 64.2 Å². The van der Waals surface area contributed by atoms with Gasteiger partial charge in [-0.25, -0.2) is 0 Å². The Labute approximate surface area is 293 Å². The molecular formula is C43H80O4. The summed E-state index contributed by atoms with van der Waals surface area (Å²) in [5.74, 6) is -0.707. The van der Waals surface area contributed by atoms with Gasteiger partial charge in [0.25, 0.3) is 0 Å². The summed E-state index contributed by atoms with van der Waals surface area (Å²) in [6, 6.07) is 0. The topological polar surface area (TPSA) is 63.6 Å². The number of carbonyl (C=O) groups is 2. The SMILES string of the molecule is CCCC/C=C\C/C=C\CCCCCCCC(=O)OC(CCCCCCCCCCCCCCCCC)CCCCCCCC(=O)O. The Morgan fingerprint density at radius 2 is 0.851 bits per heavy atom. The lowest BCUT2D eigenvalue weighted by Crippen LogP contribution is -2.18. The molecule has 0 rings (SSSR count). The van der Waals surface area contributed by atoms with Gasteiger partial charge in [-0.1, -0.05) is 179 Å². The first-order valence-electron chi connectivity index (χ1n) is 20.8. The van der Waals surface area contributed by atoms with Crippen LogP contribution in [0.25, 0.3) is 0 Å². The van der Waals surface area contributed by atoms with Crippen LogP contribution in [0.5, 0.6) is 0 Å². The third-order valence-electron chi connectivity index (χ3n) is 9.43. The summed E-state index contributed by atoms with van der Waals surface area (Å²) in [5, 5.41) is 8.83. The van der Waals surface area contributed by atoms with Gasteiger partial charge in [-0.3, -0.25) is 9.59 Å².